The highest BCUT2D eigenvalue weighted by atomic mass is 32.2. The minimum Gasteiger partial charge on any atom is -0.377 e. The maximum Gasteiger partial charge on any atom is 0.168 e. The smallest absolute Gasteiger partial charge is 0.168 e. The summed E-state index contributed by atoms with van der Waals surface area (Å²) in [6.45, 7) is 3.09. The second-order valence-electron chi connectivity index (χ2n) is 5.76. The molecule has 21 heavy (non-hydrogen) atoms. The van der Waals surface area contributed by atoms with Crippen LogP contribution in [0.3, 0.4) is 0 Å². The van der Waals surface area contributed by atoms with E-state index in [1.54, 1.807) is 23.5 Å². The Labute approximate surface area is 131 Å². The number of rotatable bonds is 2. The van der Waals surface area contributed by atoms with E-state index in [1.165, 1.54) is 5.70 Å². The maximum absolute atomic E-state index is 5.55. The van der Waals surface area contributed by atoms with E-state index in [-0.39, 0.29) is 0 Å². The van der Waals surface area contributed by atoms with Gasteiger partial charge in [0.2, 0.25) is 0 Å². The number of ether oxygens (including phenoxy) is 2. The number of amidine groups is 2. The molecule has 0 spiro atoms. The second-order valence-corrected chi connectivity index (χ2v) is 7.56. The molecule has 0 amide bonds. The number of thioether (sulfide) groups is 2. The highest BCUT2D eigenvalue weighted by Gasteiger charge is 2.44. The first-order chi connectivity index (χ1) is 10.4. The SMILES string of the molecule is C1=C(CSC2=N[C@H]3COC[C@@H]3N2)N2C(=N[C@@H]3COC[C@H]32)S1. The molecule has 0 aromatic carbocycles. The van der Waals surface area contributed by atoms with Crippen LogP contribution < -0.4 is 5.32 Å². The van der Waals surface area contributed by atoms with Gasteiger partial charge in [0.1, 0.15) is 0 Å². The van der Waals surface area contributed by atoms with E-state index in [2.05, 4.69) is 15.6 Å². The molecule has 0 aromatic rings. The molecule has 8 heteroatoms. The van der Waals surface area contributed by atoms with Crippen molar-refractivity contribution in [2.45, 2.75) is 24.2 Å². The minimum atomic E-state index is 0.316. The summed E-state index contributed by atoms with van der Waals surface area (Å²) in [5, 5.41) is 7.89. The van der Waals surface area contributed by atoms with Crippen LogP contribution in [-0.2, 0) is 9.47 Å². The van der Waals surface area contributed by atoms with Gasteiger partial charge < -0.3 is 19.7 Å². The van der Waals surface area contributed by atoms with E-state index in [9.17, 15) is 0 Å². The quantitative estimate of drug-likeness (QED) is 0.797. The van der Waals surface area contributed by atoms with Crippen molar-refractivity contribution in [3.63, 3.8) is 0 Å². The molecule has 5 heterocycles. The Kier molecular flexibility index (Phi) is 2.99. The zero-order valence-corrected chi connectivity index (χ0v) is 13.0. The summed E-state index contributed by atoms with van der Waals surface area (Å²) in [6.07, 6.45) is 0. The summed E-state index contributed by atoms with van der Waals surface area (Å²) >= 11 is 3.53. The van der Waals surface area contributed by atoms with Crippen LogP contribution in [-0.4, -0.2) is 71.6 Å². The van der Waals surface area contributed by atoms with E-state index >= 15 is 0 Å². The van der Waals surface area contributed by atoms with E-state index in [0.29, 0.717) is 24.2 Å². The van der Waals surface area contributed by atoms with Crippen molar-refractivity contribution in [2.24, 2.45) is 9.98 Å². The van der Waals surface area contributed by atoms with Crippen LogP contribution >= 0.6 is 23.5 Å². The van der Waals surface area contributed by atoms with E-state index in [1.807, 2.05) is 0 Å². The Morgan fingerprint density at radius 1 is 1.24 bits per heavy atom. The number of nitrogens with zero attached hydrogens (tertiary/aromatic N) is 3. The highest BCUT2D eigenvalue weighted by molar-refractivity contribution is 8.17. The molecule has 5 aliphatic rings. The molecule has 112 valence electrons. The van der Waals surface area contributed by atoms with Gasteiger partial charge >= 0.3 is 0 Å². The summed E-state index contributed by atoms with van der Waals surface area (Å²) in [5.74, 6) is 0.932. The standard InChI is InChI=1S/C13H16N4O2S2/c1-8-9(2-18-1)15-12(14-8)20-5-7-6-21-13-16-10-3-19-4-11(10)17(7)13/h6,8-11H,1-5H2,(H,14,15)/t8-,9-,10+,11+/m0/s1. The lowest BCUT2D eigenvalue weighted by Gasteiger charge is -2.23. The topological polar surface area (TPSA) is 58.5 Å². The number of nitrogens with one attached hydrogen (secondary N) is 1. The van der Waals surface area contributed by atoms with Gasteiger partial charge in [-0.3, -0.25) is 9.98 Å². The Hall–Kier alpha value is -0.700. The molecule has 4 atom stereocenters. The molecule has 0 radical (unpaired) electrons. The Morgan fingerprint density at radius 3 is 3.10 bits per heavy atom. The van der Waals surface area contributed by atoms with Gasteiger partial charge in [-0.25, -0.2) is 0 Å². The van der Waals surface area contributed by atoms with E-state index in [4.69, 9.17) is 19.5 Å². The monoisotopic (exact) mass is 324 g/mol. The summed E-state index contributed by atoms with van der Waals surface area (Å²) in [5.41, 5.74) is 1.33. The molecule has 1 N–H and O–H groups in total. The summed E-state index contributed by atoms with van der Waals surface area (Å²) in [7, 11) is 0. The molecule has 5 aliphatic heterocycles. The van der Waals surface area contributed by atoms with Crippen LogP contribution in [0.15, 0.2) is 21.1 Å². The van der Waals surface area contributed by atoms with Crippen LogP contribution in [0.25, 0.3) is 0 Å². The molecular weight excluding hydrogens is 308 g/mol. The third-order valence-electron chi connectivity index (χ3n) is 4.44. The predicted octanol–water partition coefficient (Wildman–Crippen LogP) is 0.473. The van der Waals surface area contributed by atoms with Crippen molar-refractivity contribution in [1.29, 1.82) is 0 Å². The van der Waals surface area contributed by atoms with Crippen molar-refractivity contribution in [3.8, 4) is 0 Å². The zero-order chi connectivity index (χ0) is 13.8. The normalized spacial score (nSPS) is 39.6. The lowest BCUT2D eigenvalue weighted by molar-refractivity contribution is 0.178. The average molecular weight is 324 g/mol. The van der Waals surface area contributed by atoms with Gasteiger partial charge in [-0.15, -0.1) is 0 Å². The third-order valence-corrected chi connectivity index (χ3v) is 6.28. The van der Waals surface area contributed by atoms with Gasteiger partial charge in [0.25, 0.3) is 0 Å². The first kappa shape index (κ1) is 12.8. The minimum absolute atomic E-state index is 0.316. The van der Waals surface area contributed by atoms with Crippen molar-refractivity contribution in [3.05, 3.63) is 11.1 Å². The van der Waals surface area contributed by atoms with Gasteiger partial charge in [0.15, 0.2) is 10.3 Å². The zero-order valence-electron chi connectivity index (χ0n) is 11.4. The van der Waals surface area contributed by atoms with E-state index < -0.39 is 0 Å². The lowest BCUT2D eigenvalue weighted by Crippen LogP contribution is -2.37. The second kappa shape index (κ2) is 4.91. The molecule has 6 nitrogen and oxygen atoms in total. The van der Waals surface area contributed by atoms with E-state index in [0.717, 1.165) is 42.5 Å². The summed E-state index contributed by atoms with van der Waals surface area (Å²) < 4.78 is 11.0. The first-order valence-electron chi connectivity index (χ1n) is 7.24. The van der Waals surface area contributed by atoms with Crippen LogP contribution in [0, 0.1) is 0 Å². The van der Waals surface area contributed by atoms with Crippen molar-refractivity contribution < 1.29 is 9.47 Å². The molecule has 0 aliphatic carbocycles. The fourth-order valence-electron chi connectivity index (χ4n) is 3.33. The van der Waals surface area contributed by atoms with Gasteiger partial charge in [-0.1, -0.05) is 23.5 Å². The van der Waals surface area contributed by atoms with Gasteiger partial charge in [0.05, 0.1) is 50.6 Å². The molecule has 5 rings (SSSR count). The van der Waals surface area contributed by atoms with Crippen molar-refractivity contribution in [1.82, 2.24) is 10.2 Å². The number of hydrogen-bond donors (Lipinski definition) is 1. The highest BCUT2D eigenvalue weighted by Crippen LogP contribution is 2.38. The Bertz CT molecular complexity index is 564. The number of aliphatic imine (C=N–C) groups is 2. The third kappa shape index (κ3) is 2.03. The first-order valence-corrected chi connectivity index (χ1v) is 9.10. The van der Waals surface area contributed by atoms with Gasteiger partial charge in [0, 0.05) is 11.4 Å². The fourth-order valence-corrected chi connectivity index (χ4v) is 5.39. The molecule has 0 unspecified atom stereocenters. The molecule has 0 aromatic heterocycles. The van der Waals surface area contributed by atoms with Crippen LogP contribution in [0.5, 0.6) is 0 Å². The Balaban J connectivity index is 1.25. The summed E-state index contributed by atoms with van der Waals surface area (Å²) in [6, 6.07) is 1.44. The van der Waals surface area contributed by atoms with Gasteiger partial charge in [-0.05, 0) is 5.41 Å². The predicted molar refractivity (Wildman–Crippen MR) is 84.8 cm³/mol. The van der Waals surface area contributed by atoms with Gasteiger partial charge in [-0.2, -0.15) is 0 Å². The molecule has 0 saturated carbocycles. The number of fused-ring (bicyclic) bond motifs is 4. The Morgan fingerprint density at radius 2 is 2.14 bits per heavy atom. The summed E-state index contributed by atoms with van der Waals surface area (Å²) in [4.78, 5) is 11.8. The largest absolute Gasteiger partial charge is 0.377 e. The molecule has 2 fully saturated rings. The maximum atomic E-state index is 5.55. The molecule has 0 bridgehead atoms. The molecule has 2 saturated heterocycles. The van der Waals surface area contributed by atoms with Crippen LogP contribution in [0.4, 0.5) is 0 Å². The number of hydrogen-bond acceptors (Lipinski definition) is 8. The van der Waals surface area contributed by atoms with Crippen molar-refractivity contribution in [2.75, 3.05) is 32.2 Å². The van der Waals surface area contributed by atoms with Crippen LogP contribution in [0.2, 0.25) is 0 Å². The fraction of sp³-hybridized carbons (Fsp3) is 0.692. The van der Waals surface area contributed by atoms with Crippen LogP contribution in [0.1, 0.15) is 0 Å². The van der Waals surface area contributed by atoms with Crippen molar-refractivity contribution >= 4 is 33.9 Å². The lowest BCUT2D eigenvalue weighted by atomic mass is 10.2. The molecular formula is C13H16N4O2S2. The average Bonchev–Trinajstić information content (AvgIpc) is 3.20.